The van der Waals surface area contributed by atoms with E-state index in [4.69, 9.17) is 20.8 Å². The lowest BCUT2D eigenvalue weighted by Crippen LogP contribution is -2.15. The van der Waals surface area contributed by atoms with Crippen LogP contribution in [-0.2, 0) is 0 Å². The smallest absolute Gasteiger partial charge is 0.188 e. The molecule has 0 saturated carbocycles. The van der Waals surface area contributed by atoms with E-state index in [1.54, 1.807) is 12.1 Å². The van der Waals surface area contributed by atoms with Crippen LogP contribution < -0.4 is 10.5 Å². The maximum atomic E-state index is 8.56. The van der Waals surface area contributed by atoms with E-state index in [0.717, 1.165) is 0 Å². The highest BCUT2D eigenvalue weighted by molar-refractivity contribution is 5.95. The summed E-state index contributed by atoms with van der Waals surface area (Å²) in [4.78, 5) is 3.89. The number of ether oxygens (including phenoxy) is 1. The molecule has 0 aromatic carbocycles. The number of aliphatic hydroxyl groups is 1. The summed E-state index contributed by atoms with van der Waals surface area (Å²) in [7, 11) is 0. The second kappa shape index (κ2) is 5.82. The molecule has 6 nitrogen and oxygen atoms in total. The van der Waals surface area contributed by atoms with E-state index in [9.17, 15) is 0 Å². The molecule has 82 valence electrons. The molecule has 0 spiro atoms. The Morgan fingerprint density at radius 3 is 3.07 bits per heavy atom. The molecule has 1 heterocycles. The van der Waals surface area contributed by atoms with Crippen LogP contribution in [-0.4, -0.2) is 34.3 Å². The molecule has 0 atom stereocenters. The van der Waals surface area contributed by atoms with Gasteiger partial charge in [-0.25, -0.2) is 0 Å². The fraction of sp³-hybridized carbons (Fsp3) is 0.333. The van der Waals surface area contributed by atoms with Crippen LogP contribution in [0.5, 0.6) is 5.75 Å². The summed E-state index contributed by atoms with van der Waals surface area (Å²) in [6.45, 7) is 0.494. The Hall–Kier alpha value is -1.82. The molecule has 15 heavy (non-hydrogen) atoms. The van der Waals surface area contributed by atoms with Crippen molar-refractivity contribution in [3.05, 3.63) is 24.0 Å². The van der Waals surface area contributed by atoms with Crippen LogP contribution in [0.25, 0.3) is 0 Å². The average molecular weight is 211 g/mol. The predicted octanol–water partition coefficient (Wildman–Crippen LogP) is -0.0627. The van der Waals surface area contributed by atoms with Gasteiger partial charge in [0.1, 0.15) is 11.4 Å². The molecule has 0 aliphatic carbocycles. The molecule has 0 saturated heterocycles. The van der Waals surface area contributed by atoms with Gasteiger partial charge in [0.05, 0.1) is 6.61 Å². The Labute approximate surface area is 87.0 Å². The first-order valence-electron chi connectivity index (χ1n) is 4.45. The largest absolute Gasteiger partial charge is 0.493 e. The van der Waals surface area contributed by atoms with Crippen molar-refractivity contribution < 1.29 is 15.1 Å². The second-order valence-corrected chi connectivity index (χ2v) is 2.79. The van der Waals surface area contributed by atoms with E-state index >= 15 is 0 Å². The van der Waals surface area contributed by atoms with Crippen LogP contribution in [0.1, 0.15) is 12.1 Å². The molecule has 0 fully saturated rings. The minimum atomic E-state index is -0.0670. The van der Waals surface area contributed by atoms with Gasteiger partial charge in [0.2, 0.25) is 0 Å². The Bertz CT molecular complexity index is 341. The highest BCUT2D eigenvalue weighted by Crippen LogP contribution is 2.10. The Morgan fingerprint density at radius 2 is 2.40 bits per heavy atom. The molecule has 1 aromatic rings. The summed E-state index contributed by atoms with van der Waals surface area (Å²) in [5, 5.41) is 19.8. The standard InChI is InChI=1S/C9H13N3O3/c10-9(12-14)8-6-7(2-3-11-8)15-5-1-4-13/h2-3,6,13-14H,1,4-5H2,(H2,10,12). The van der Waals surface area contributed by atoms with Crippen molar-refractivity contribution in [2.75, 3.05) is 13.2 Å². The van der Waals surface area contributed by atoms with Crippen LogP contribution in [0.15, 0.2) is 23.5 Å². The van der Waals surface area contributed by atoms with Gasteiger partial charge in [-0.2, -0.15) is 0 Å². The van der Waals surface area contributed by atoms with Crippen LogP contribution in [0, 0.1) is 0 Å². The van der Waals surface area contributed by atoms with Gasteiger partial charge >= 0.3 is 0 Å². The number of hydrogen-bond donors (Lipinski definition) is 3. The molecule has 1 aromatic heterocycles. The number of pyridine rings is 1. The summed E-state index contributed by atoms with van der Waals surface area (Å²) >= 11 is 0. The molecule has 0 bridgehead atoms. The van der Waals surface area contributed by atoms with Crippen LogP contribution >= 0.6 is 0 Å². The van der Waals surface area contributed by atoms with Crippen molar-refractivity contribution in [1.82, 2.24) is 4.98 Å². The van der Waals surface area contributed by atoms with E-state index in [-0.39, 0.29) is 12.4 Å². The number of hydrogen-bond acceptors (Lipinski definition) is 5. The number of aliphatic hydroxyl groups excluding tert-OH is 1. The third-order valence-electron chi connectivity index (χ3n) is 1.67. The fourth-order valence-electron chi connectivity index (χ4n) is 0.947. The maximum absolute atomic E-state index is 8.56. The number of oxime groups is 1. The summed E-state index contributed by atoms with van der Waals surface area (Å²) in [5.74, 6) is 0.502. The van der Waals surface area contributed by atoms with Gasteiger partial charge in [0.15, 0.2) is 5.84 Å². The molecule has 6 heteroatoms. The van der Waals surface area contributed by atoms with Crippen molar-refractivity contribution in [3.8, 4) is 5.75 Å². The summed E-state index contributed by atoms with van der Waals surface area (Å²) in [5.41, 5.74) is 5.71. The lowest BCUT2D eigenvalue weighted by Gasteiger charge is -2.05. The predicted molar refractivity (Wildman–Crippen MR) is 53.9 cm³/mol. The zero-order valence-corrected chi connectivity index (χ0v) is 8.13. The molecule has 0 aliphatic rings. The van der Waals surface area contributed by atoms with E-state index < -0.39 is 0 Å². The molecule has 0 amide bonds. The van der Waals surface area contributed by atoms with Crippen LogP contribution in [0.3, 0.4) is 0 Å². The number of rotatable bonds is 5. The topological polar surface area (TPSA) is 101 Å². The Balaban J connectivity index is 2.66. The summed E-state index contributed by atoms with van der Waals surface area (Å²) in [6.07, 6.45) is 2.06. The van der Waals surface area contributed by atoms with Gasteiger partial charge in [-0.3, -0.25) is 4.98 Å². The van der Waals surface area contributed by atoms with Crippen molar-refractivity contribution in [1.29, 1.82) is 0 Å². The van der Waals surface area contributed by atoms with Gasteiger partial charge in [-0.05, 0) is 6.07 Å². The normalized spacial score (nSPS) is 11.4. The van der Waals surface area contributed by atoms with Crippen molar-refractivity contribution in [2.45, 2.75) is 6.42 Å². The quantitative estimate of drug-likeness (QED) is 0.208. The minimum Gasteiger partial charge on any atom is -0.493 e. The van der Waals surface area contributed by atoms with Crippen LogP contribution in [0.2, 0.25) is 0 Å². The third kappa shape index (κ3) is 3.43. The average Bonchev–Trinajstić information content (AvgIpc) is 2.29. The van der Waals surface area contributed by atoms with E-state index in [1.165, 1.54) is 6.20 Å². The third-order valence-corrected chi connectivity index (χ3v) is 1.67. The highest BCUT2D eigenvalue weighted by Gasteiger charge is 2.02. The zero-order chi connectivity index (χ0) is 11.1. The van der Waals surface area contributed by atoms with Gasteiger partial charge in [0, 0.05) is 25.3 Å². The van der Waals surface area contributed by atoms with Crippen molar-refractivity contribution >= 4 is 5.84 Å². The van der Waals surface area contributed by atoms with Gasteiger partial charge in [0.25, 0.3) is 0 Å². The zero-order valence-electron chi connectivity index (χ0n) is 8.13. The molecule has 0 radical (unpaired) electrons. The maximum Gasteiger partial charge on any atom is 0.188 e. The van der Waals surface area contributed by atoms with Crippen LogP contribution in [0.4, 0.5) is 0 Å². The first-order chi connectivity index (χ1) is 7.27. The molecule has 1 rings (SSSR count). The SMILES string of the molecule is NC(=NO)c1cc(OCCCO)ccn1. The number of amidine groups is 1. The monoisotopic (exact) mass is 211 g/mol. The number of nitrogens with zero attached hydrogens (tertiary/aromatic N) is 2. The Morgan fingerprint density at radius 1 is 1.60 bits per heavy atom. The lowest BCUT2D eigenvalue weighted by molar-refractivity contribution is 0.233. The van der Waals surface area contributed by atoms with Crippen molar-refractivity contribution in [3.63, 3.8) is 0 Å². The minimum absolute atomic E-state index is 0.0670. The molecule has 0 aliphatic heterocycles. The molecular weight excluding hydrogens is 198 g/mol. The van der Waals surface area contributed by atoms with E-state index in [1.807, 2.05) is 0 Å². The lowest BCUT2D eigenvalue weighted by atomic mass is 10.3. The van der Waals surface area contributed by atoms with Gasteiger partial charge in [-0.1, -0.05) is 5.16 Å². The van der Waals surface area contributed by atoms with E-state index in [2.05, 4.69) is 10.1 Å². The second-order valence-electron chi connectivity index (χ2n) is 2.79. The van der Waals surface area contributed by atoms with Gasteiger partial charge in [-0.15, -0.1) is 0 Å². The molecule has 0 unspecified atom stereocenters. The number of aromatic nitrogens is 1. The van der Waals surface area contributed by atoms with Gasteiger partial charge < -0.3 is 20.8 Å². The molecular formula is C9H13N3O3. The summed E-state index contributed by atoms with van der Waals surface area (Å²) < 4.78 is 5.29. The first-order valence-corrected chi connectivity index (χ1v) is 4.45. The highest BCUT2D eigenvalue weighted by atomic mass is 16.5. The van der Waals surface area contributed by atoms with E-state index in [0.29, 0.717) is 24.5 Å². The Kier molecular flexibility index (Phi) is 4.36. The van der Waals surface area contributed by atoms with Crippen molar-refractivity contribution in [2.24, 2.45) is 10.9 Å². The molecule has 4 N–H and O–H groups in total. The first kappa shape index (κ1) is 11.3. The number of nitrogens with two attached hydrogens (primary N) is 1. The fourth-order valence-corrected chi connectivity index (χ4v) is 0.947. The summed E-state index contributed by atoms with van der Waals surface area (Å²) in [6, 6.07) is 3.22.